The van der Waals surface area contributed by atoms with Gasteiger partial charge in [0, 0.05) is 0 Å². The minimum Gasteiger partial charge on any atom is -0.374 e. The monoisotopic (exact) mass is 364 g/mol. The minimum atomic E-state index is -3.77. The Morgan fingerprint density at radius 3 is 1.92 bits per heavy atom. The van der Waals surface area contributed by atoms with Crippen LogP contribution in [0.25, 0.3) is 0 Å². The molecule has 7 heteroatoms. The molecule has 1 unspecified atom stereocenters. The van der Waals surface area contributed by atoms with Gasteiger partial charge in [0.2, 0.25) is 9.84 Å². The van der Waals surface area contributed by atoms with Crippen molar-refractivity contribution in [2.75, 3.05) is 13.2 Å². The van der Waals surface area contributed by atoms with Crippen LogP contribution in [-0.2, 0) is 24.4 Å². The Hall–Kier alpha value is -1.96. The van der Waals surface area contributed by atoms with Crippen molar-refractivity contribution in [3.05, 3.63) is 71.6 Å². The fourth-order valence-electron chi connectivity index (χ4n) is 2.46. The molecule has 2 aromatic rings. The van der Waals surface area contributed by atoms with E-state index in [4.69, 9.17) is 4.74 Å². The van der Waals surface area contributed by atoms with Crippen LogP contribution in [0, 0.1) is 0 Å². The maximum Gasteiger partial charge on any atom is 0.204 e. The Labute approximate surface area is 141 Å². The smallest absolute Gasteiger partial charge is 0.204 e. The predicted molar refractivity (Wildman–Crippen MR) is 89.9 cm³/mol. The molecular formula is C17H16O5S2. The van der Waals surface area contributed by atoms with Crippen molar-refractivity contribution in [3.63, 3.8) is 0 Å². The van der Waals surface area contributed by atoms with Crippen molar-refractivity contribution in [2.45, 2.75) is 15.0 Å². The Morgan fingerprint density at radius 1 is 0.792 bits per heavy atom. The molecule has 0 amide bonds. The van der Waals surface area contributed by atoms with Gasteiger partial charge < -0.3 is 4.74 Å². The Kier molecular flexibility index (Phi) is 4.58. The van der Waals surface area contributed by atoms with Gasteiger partial charge in [-0.05, 0) is 30.3 Å². The summed E-state index contributed by atoms with van der Waals surface area (Å²) in [6, 6.07) is 15.9. The molecule has 5 nitrogen and oxygen atoms in total. The molecule has 1 aliphatic rings. The molecule has 2 aromatic carbocycles. The second-order valence-corrected chi connectivity index (χ2v) is 9.53. The van der Waals surface area contributed by atoms with Gasteiger partial charge in [0.1, 0.15) is 5.25 Å². The maximum absolute atomic E-state index is 12.7. The fourth-order valence-corrected chi connectivity index (χ4v) is 5.45. The first-order valence-corrected chi connectivity index (χ1v) is 10.3. The van der Waals surface area contributed by atoms with Gasteiger partial charge in [0.05, 0.1) is 27.9 Å². The van der Waals surface area contributed by atoms with Gasteiger partial charge in [-0.25, -0.2) is 16.8 Å². The van der Waals surface area contributed by atoms with E-state index in [1.54, 1.807) is 36.4 Å². The van der Waals surface area contributed by atoms with E-state index in [0.29, 0.717) is 0 Å². The Balaban J connectivity index is 2.00. The van der Waals surface area contributed by atoms with Crippen molar-refractivity contribution >= 4 is 19.7 Å². The average Bonchev–Trinajstić information content (AvgIpc) is 2.63. The van der Waals surface area contributed by atoms with Gasteiger partial charge >= 0.3 is 0 Å². The molecule has 0 N–H and O–H groups in total. The molecule has 0 saturated carbocycles. The number of sulfone groups is 2. The van der Waals surface area contributed by atoms with E-state index < -0.39 is 24.9 Å². The van der Waals surface area contributed by atoms with Crippen LogP contribution < -0.4 is 0 Å². The molecule has 0 radical (unpaired) electrons. The van der Waals surface area contributed by atoms with Crippen molar-refractivity contribution in [2.24, 2.45) is 0 Å². The van der Waals surface area contributed by atoms with E-state index in [0.717, 1.165) is 0 Å². The maximum atomic E-state index is 12.7. The summed E-state index contributed by atoms with van der Waals surface area (Å²) in [7, 11) is -7.47. The lowest BCUT2D eigenvalue weighted by Crippen LogP contribution is -2.31. The summed E-state index contributed by atoms with van der Waals surface area (Å²) >= 11 is 0. The number of ether oxygens (including phenoxy) is 1. The standard InChI is InChI=1S/C17H16O5S2/c18-23(19,14-7-3-1-4-8-14)16-11-17(13-22-12-16)24(20,21)15-9-5-2-6-10-15/h1-11,16H,12-13H2. The molecule has 3 rings (SSSR count). The highest BCUT2D eigenvalue weighted by molar-refractivity contribution is 7.95. The van der Waals surface area contributed by atoms with E-state index in [9.17, 15) is 16.8 Å². The molecule has 0 spiro atoms. The lowest BCUT2D eigenvalue weighted by atomic mass is 10.3. The molecule has 0 saturated heterocycles. The van der Waals surface area contributed by atoms with E-state index in [1.807, 2.05) is 0 Å². The van der Waals surface area contributed by atoms with E-state index in [-0.39, 0.29) is 27.9 Å². The second-order valence-electron chi connectivity index (χ2n) is 5.36. The first kappa shape index (κ1) is 16.9. The third-order valence-electron chi connectivity index (χ3n) is 3.77. The van der Waals surface area contributed by atoms with Crippen LogP contribution in [-0.4, -0.2) is 35.3 Å². The van der Waals surface area contributed by atoms with Gasteiger partial charge in [-0.1, -0.05) is 36.4 Å². The van der Waals surface area contributed by atoms with Crippen LogP contribution in [0.1, 0.15) is 0 Å². The van der Waals surface area contributed by atoms with E-state index >= 15 is 0 Å². The number of hydrogen-bond donors (Lipinski definition) is 0. The van der Waals surface area contributed by atoms with Crippen LogP contribution >= 0.6 is 0 Å². The topological polar surface area (TPSA) is 77.5 Å². The zero-order chi connectivity index (χ0) is 17.2. The van der Waals surface area contributed by atoms with Crippen LogP contribution in [0.2, 0.25) is 0 Å². The molecule has 24 heavy (non-hydrogen) atoms. The fraction of sp³-hybridized carbons (Fsp3) is 0.176. The van der Waals surface area contributed by atoms with E-state index in [1.165, 1.54) is 30.3 Å². The van der Waals surface area contributed by atoms with Gasteiger partial charge in [-0.3, -0.25) is 0 Å². The van der Waals surface area contributed by atoms with Crippen LogP contribution in [0.4, 0.5) is 0 Å². The highest BCUT2D eigenvalue weighted by Crippen LogP contribution is 2.26. The molecule has 0 aliphatic carbocycles. The third kappa shape index (κ3) is 3.15. The molecule has 0 aromatic heterocycles. The summed E-state index contributed by atoms with van der Waals surface area (Å²) in [6.07, 6.45) is 1.30. The normalized spacial score (nSPS) is 18.8. The van der Waals surface area contributed by atoms with Crippen molar-refractivity contribution in [1.29, 1.82) is 0 Å². The molecule has 1 aliphatic heterocycles. The van der Waals surface area contributed by atoms with Gasteiger partial charge in [0.15, 0.2) is 9.84 Å². The second kappa shape index (κ2) is 6.51. The summed E-state index contributed by atoms with van der Waals surface area (Å²) in [5, 5.41) is -1.03. The van der Waals surface area contributed by atoms with Gasteiger partial charge in [-0.2, -0.15) is 0 Å². The summed E-state index contributed by atoms with van der Waals surface area (Å²) in [6.45, 7) is -0.191. The minimum absolute atomic E-state index is 0.0237. The molecule has 0 bridgehead atoms. The average molecular weight is 364 g/mol. The highest BCUT2D eigenvalue weighted by Gasteiger charge is 2.33. The summed E-state index contributed by atoms with van der Waals surface area (Å²) in [5.41, 5.74) is 0. The van der Waals surface area contributed by atoms with Crippen molar-refractivity contribution in [1.82, 2.24) is 0 Å². The Morgan fingerprint density at radius 2 is 1.33 bits per heavy atom. The molecule has 0 fully saturated rings. The first-order chi connectivity index (χ1) is 11.4. The highest BCUT2D eigenvalue weighted by atomic mass is 32.2. The first-order valence-electron chi connectivity index (χ1n) is 7.30. The number of rotatable bonds is 4. The SMILES string of the molecule is O=S(=O)(C1=CC(S(=O)(=O)c2ccccc2)COC1)c1ccccc1. The lowest BCUT2D eigenvalue weighted by molar-refractivity contribution is 0.156. The molecule has 1 heterocycles. The van der Waals surface area contributed by atoms with Crippen molar-refractivity contribution < 1.29 is 21.6 Å². The van der Waals surface area contributed by atoms with Crippen LogP contribution in [0.5, 0.6) is 0 Å². The van der Waals surface area contributed by atoms with Crippen LogP contribution in [0.15, 0.2) is 81.4 Å². The van der Waals surface area contributed by atoms with E-state index in [2.05, 4.69) is 0 Å². The van der Waals surface area contributed by atoms with Crippen molar-refractivity contribution in [3.8, 4) is 0 Å². The lowest BCUT2D eigenvalue weighted by Gasteiger charge is -2.22. The van der Waals surface area contributed by atoms with Crippen LogP contribution in [0.3, 0.4) is 0 Å². The number of benzene rings is 2. The summed E-state index contributed by atoms with van der Waals surface area (Å²) < 4.78 is 55.9. The number of hydrogen-bond acceptors (Lipinski definition) is 5. The summed E-state index contributed by atoms with van der Waals surface area (Å²) in [5.74, 6) is 0. The zero-order valence-corrected chi connectivity index (χ0v) is 14.3. The molecule has 1 atom stereocenters. The van der Waals surface area contributed by atoms with Gasteiger partial charge in [0.25, 0.3) is 0 Å². The quantitative estimate of drug-likeness (QED) is 0.831. The summed E-state index contributed by atoms with van der Waals surface area (Å²) in [4.78, 5) is 0.246. The molecule has 126 valence electrons. The Bertz CT molecular complexity index is 947. The third-order valence-corrected chi connectivity index (χ3v) is 7.60. The molecular weight excluding hydrogens is 348 g/mol. The zero-order valence-electron chi connectivity index (χ0n) is 12.7. The van der Waals surface area contributed by atoms with Gasteiger partial charge in [-0.15, -0.1) is 0 Å². The predicted octanol–water partition coefficient (Wildman–Crippen LogP) is 2.22. The largest absolute Gasteiger partial charge is 0.374 e.